The molecule has 0 radical (unpaired) electrons. The van der Waals surface area contributed by atoms with Gasteiger partial charge in [0.1, 0.15) is 5.82 Å². The average molecular weight is 285 g/mol. The average Bonchev–Trinajstić information content (AvgIpc) is 3.19. The second-order valence-electron chi connectivity index (χ2n) is 4.41. The number of aromatic amines is 1. The summed E-state index contributed by atoms with van der Waals surface area (Å²) in [7, 11) is 3.21. The van der Waals surface area contributed by atoms with Gasteiger partial charge in [-0.3, -0.25) is 5.10 Å². The number of nitrogens with one attached hydrogen (secondary N) is 1. The summed E-state index contributed by atoms with van der Waals surface area (Å²) in [5.41, 5.74) is 0.862. The Morgan fingerprint density at radius 3 is 2.76 bits per heavy atom. The number of hydrogen-bond donors (Lipinski definition) is 1. The molecule has 1 aromatic carbocycles. The first kappa shape index (κ1) is 13.2. The van der Waals surface area contributed by atoms with E-state index in [0.29, 0.717) is 23.9 Å². The van der Waals surface area contributed by atoms with Crippen LogP contribution in [-0.2, 0) is 6.54 Å². The van der Waals surface area contributed by atoms with E-state index in [-0.39, 0.29) is 0 Å². The first-order valence-corrected chi connectivity index (χ1v) is 6.39. The van der Waals surface area contributed by atoms with Crippen LogP contribution in [0.2, 0.25) is 0 Å². The second-order valence-corrected chi connectivity index (χ2v) is 4.41. The summed E-state index contributed by atoms with van der Waals surface area (Å²) in [5.74, 6) is 2.70. The fourth-order valence-corrected chi connectivity index (χ4v) is 2.02. The number of nitrogens with zero attached hydrogens (tertiary/aromatic N) is 4. The zero-order chi connectivity index (χ0) is 14.7. The maximum absolute atomic E-state index is 5.29. The van der Waals surface area contributed by atoms with E-state index in [9.17, 15) is 0 Å². The lowest BCUT2D eigenvalue weighted by Crippen LogP contribution is -1.98. The van der Waals surface area contributed by atoms with Crippen molar-refractivity contribution < 1.29 is 9.47 Å². The molecule has 108 valence electrons. The molecule has 0 unspecified atom stereocenters. The van der Waals surface area contributed by atoms with Crippen molar-refractivity contribution in [2.75, 3.05) is 14.2 Å². The van der Waals surface area contributed by atoms with Crippen molar-refractivity contribution in [1.82, 2.24) is 24.7 Å². The number of H-pyrrole nitrogens is 1. The third kappa shape index (κ3) is 2.71. The third-order valence-electron chi connectivity index (χ3n) is 3.06. The molecule has 0 bridgehead atoms. The van der Waals surface area contributed by atoms with Gasteiger partial charge < -0.3 is 14.0 Å². The number of hydrogen-bond acceptors (Lipinski definition) is 5. The highest BCUT2D eigenvalue weighted by atomic mass is 16.5. The minimum atomic E-state index is 0.598. The number of ether oxygens (including phenoxy) is 2. The standard InChI is InChI=1S/C14H15N5O2/c1-20-11-4-3-10(7-12(11)21-2)14-16-13(17-18-14)8-19-6-5-15-9-19/h3-7,9H,8H2,1-2H3,(H,16,17,18). The number of methoxy groups -OCH3 is 2. The van der Waals surface area contributed by atoms with Crippen molar-refractivity contribution in [3.63, 3.8) is 0 Å². The largest absolute Gasteiger partial charge is 0.493 e. The van der Waals surface area contributed by atoms with E-state index in [4.69, 9.17) is 9.47 Å². The normalized spacial score (nSPS) is 10.6. The van der Waals surface area contributed by atoms with Gasteiger partial charge >= 0.3 is 0 Å². The van der Waals surface area contributed by atoms with Crippen LogP contribution in [0.15, 0.2) is 36.9 Å². The van der Waals surface area contributed by atoms with Crippen LogP contribution >= 0.6 is 0 Å². The van der Waals surface area contributed by atoms with Crippen molar-refractivity contribution >= 4 is 0 Å². The van der Waals surface area contributed by atoms with Crippen LogP contribution < -0.4 is 9.47 Å². The highest BCUT2D eigenvalue weighted by Crippen LogP contribution is 2.30. The molecule has 0 amide bonds. The van der Waals surface area contributed by atoms with Crippen LogP contribution in [0.3, 0.4) is 0 Å². The molecule has 7 heteroatoms. The van der Waals surface area contributed by atoms with Crippen molar-refractivity contribution in [1.29, 1.82) is 0 Å². The summed E-state index contributed by atoms with van der Waals surface area (Å²) in [4.78, 5) is 8.47. The molecule has 0 atom stereocenters. The van der Waals surface area contributed by atoms with E-state index in [1.807, 2.05) is 29.0 Å². The Bertz CT molecular complexity index is 721. The molecule has 3 rings (SSSR count). The molecule has 0 aliphatic carbocycles. The maximum Gasteiger partial charge on any atom is 0.181 e. The Balaban J connectivity index is 1.85. The van der Waals surface area contributed by atoms with Crippen LogP contribution in [0.4, 0.5) is 0 Å². The molecule has 0 aliphatic rings. The summed E-state index contributed by atoms with van der Waals surface area (Å²) in [6.07, 6.45) is 5.34. The summed E-state index contributed by atoms with van der Waals surface area (Å²) < 4.78 is 12.4. The van der Waals surface area contributed by atoms with Gasteiger partial charge in [0.05, 0.1) is 27.1 Å². The molecule has 0 saturated carbocycles. The minimum absolute atomic E-state index is 0.598. The van der Waals surface area contributed by atoms with Crippen molar-refractivity contribution in [3.05, 3.63) is 42.7 Å². The van der Waals surface area contributed by atoms with E-state index in [1.54, 1.807) is 26.7 Å². The van der Waals surface area contributed by atoms with E-state index >= 15 is 0 Å². The van der Waals surface area contributed by atoms with Crippen molar-refractivity contribution in [2.45, 2.75) is 6.54 Å². The highest BCUT2D eigenvalue weighted by molar-refractivity contribution is 5.60. The van der Waals surface area contributed by atoms with Gasteiger partial charge in [0, 0.05) is 18.0 Å². The van der Waals surface area contributed by atoms with Crippen molar-refractivity contribution in [2.24, 2.45) is 0 Å². The van der Waals surface area contributed by atoms with Gasteiger partial charge in [-0.15, -0.1) is 0 Å². The molecule has 3 aromatic rings. The van der Waals surface area contributed by atoms with Crippen LogP contribution in [0, 0.1) is 0 Å². The zero-order valence-electron chi connectivity index (χ0n) is 11.8. The fraction of sp³-hybridized carbons (Fsp3) is 0.214. The molecule has 1 N–H and O–H groups in total. The molecule has 7 nitrogen and oxygen atoms in total. The van der Waals surface area contributed by atoms with E-state index in [0.717, 1.165) is 11.4 Å². The van der Waals surface area contributed by atoms with Gasteiger partial charge in [0.2, 0.25) is 0 Å². The van der Waals surface area contributed by atoms with Gasteiger partial charge in [-0.2, -0.15) is 5.10 Å². The Labute approximate surface area is 121 Å². The number of aromatic nitrogens is 5. The van der Waals surface area contributed by atoms with Gasteiger partial charge in [0.25, 0.3) is 0 Å². The van der Waals surface area contributed by atoms with Gasteiger partial charge in [0.15, 0.2) is 17.3 Å². The number of imidazole rings is 1. The molecule has 21 heavy (non-hydrogen) atoms. The lowest BCUT2D eigenvalue weighted by molar-refractivity contribution is 0.355. The lowest BCUT2D eigenvalue weighted by atomic mass is 10.2. The quantitative estimate of drug-likeness (QED) is 0.772. The number of benzene rings is 1. The summed E-state index contributed by atoms with van der Waals surface area (Å²) in [6, 6.07) is 5.58. The molecular weight excluding hydrogens is 270 g/mol. The first-order valence-electron chi connectivity index (χ1n) is 6.39. The van der Waals surface area contributed by atoms with Gasteiger partial charge in [-0.25, -0.2) is 9.97 Å². The lowest BCUT2D eigenvalue weighted by Gasteiger charge is -2.07. The van der Waals surface area contributed by atoms with Crippen LogP contribution in [0.5, 0.6) is 11.5 Å². The molecular formula is C14H15N5O2. The topological polar surface area (TPSA) is 77.9 Å². The highest BCUT2D eigenvalue weighted by Gasteiger charge is 2.10. The minimum Gasteiger partial charge on any atom is -0.493 e. The first-order chi connectivity index (χ1) is 10.3. The van der Waals surface area contributed by atoms with Crippen LogP contribution in [-0.4, -0.2) is 39.0 Å². The van der Waals surface area contributed by atoms with Crippen LogP contribution in [0.1, 0.15) is 5.82 Å². The smallest absolute Gasteiger partial charge is 0.181 e. The summed E-state index contributed by atoms with van der Waals surface area (Å²) in [6.45, 7) is 0.598. The SMILES string of the molecule is COc1ccc(-c2n[nH]c(Cn3ccnc3)n2)cc1OC. The van der Waals surface area contributed by atoms with E-state index in [2.05, 4.69) is 20.2 Å². The zero-order valence-corrected chi connectivity index (χ0v) is 11.8. The number of rotatable bonds is 5. The molecule has 0 saturated heterocycles. The molecule has 0 fully saturated rings. The third-order valence-corrected chi connectivity index (χ3v) is 3.06. The predicted octanol–water partition coefficient (Wildman–Crippen LogP) is 1.73. The molecule has 0 spiro atoms. The molecule has 2 heterocycles. The van der Waals surface area contributed by atoms with Crippen molar-refractivity contribution in [3.8, 4) is 22.9 Å². The predicted molar refractivity (Wildman–Crippen MR) is 76.3 cm³/mol. The Morgan fingerprint density at radius 2 is 2.05 bits per heavy atom. The summed E-state index contributed by atoms with van der Waals surface area (Å²) >= 11 is 0. The summed E-state index contributed by atoms with van der Waals surface area (Å²) in [5, 5.41) is 7.16. The second kappa shape index (κ2) is 5.66. The molecule has 2 aromatic heterocycles. The Kier molecular flexibility index (Phi) is 3.55. The van der Waals surface area contributed by atoms with E-state index in [1.165, 1.54) is 0 Å². The molecule has 0 aliphatic heterocycles. The maximum atomic E-state index is 5.29. The Hall–Kier alpha value is -2.83. The van der Waals surface area contributed by atoms with Gasteiger partial charge in [-0.05, 0) is 18.2 Å². The van der Waals surface area contributed by atoms with Crippen LogP contribution in [0.25, 0.3) is 11.4 Å². The Morgan fingerprint density at radius 1 is 1.19 bits per heavy atom. The monoisotopic (exact) mass is 285 g/mol. The van der Waals surface area contributed by atoms with E-state index < -0.39 is 0 Å². The van der Waals surface area contributed by atoms with Gasteiger partial charge in [-0.1, -0.05) is 0 Å². The fourth-order valence-electron chi connectivity index (χ4n) is 2.02.